The molecule has 0 aliphatic rings. The van der Waals surface area contributed by atoms with Crippen molar-refractivity contribution >= 4 is 32.5 Å². The van der Waals surface area contributed by atoms with E-state index in [2.05, 4.69) is 4.98 Å². The first kappa shape index (κ1) is 18.7. The third kappa shape index (κ3) is 4.53. The van der Waals surface area contributed by atoms with Crippen molar-refractivity contribution in [3.63, 3.8) is 0 Å². The molecule has 26 heavy (non-hydrogen) atoms. The van der Waals surface area contributed by atoms with Crippen LogP contribution in [0, 0.1) is 6.92 Å². The normalized spacial score (nSPS) is 11.8. The summed E-state index contributed by atoms with van der Waals surface area (Å²) in [6.07, 6.45) is 1.21. The van der Waals surface area contributed by atoms with Crippen LogP contribution < -0.4 is 5.56 Å². The number of aromatic nitrogens is 2. The Morgan fingerprint density at radius 1 is 1.08 bits per heavy atom. The molecule has 0 unspecified atom stereocenters. The van der Waals surface area contributed by atoms with Gasteiger partial charge in [-0.25, -0.2) is 13.4 Å². The van der Waals surface area contributed by atoms with E-state index in [9.17, 15) is 13.2 Å². The molecule has 3 aromatic rings. The van der Waals surface area contributed by atoms with Gasteiger partial charge in [-0.05, 0) is 24.6 Å². The summed E-state index contributed by atoms with van der Waals surface area (Å²) in [6.45, 7) is 2.41. The summed E-state index contributed by atoms with van der Waals surface area (Å²) >= 11 is 1.30. The molecule has 1 aromatic heterocycles. The zero-order valence-corrected chi connectivity index (χ0v) is 16.3. The van der Waals surface area contributed by atoms with Crippen LogP contribution in [0.4, 0.5) is 0 Å². The summed E-state index contributed by atoms with van der Waals surface area (Å²) in [5.41, 5.74) is 2.66. The number of sulfone groups is 1. The Balaban J connectivity index is 2.02. The van der Waals surface area contributed by atoms with Gasteiger partial charge >= 0.3 is 0 Å². The lowest BCUT2D eigenvalue weighted by atomic mass is 10.1. The SMILES string of the molecule is Cc1ccc(Cn2c(SCCS(C)(=O)=O)nc3ccccc3c2=O)cc1. The van der Waals surface area contributed by atoms with E-state index in [0.717, 1.165) is 11.1 Å². The van der Waals surface area contributed by atoms with E-state index in [0.29, 0.717) is 28.4 Å². The van der Waals surface area contributed by atoms with Gasteiger partial charge in [0.1, 0.15) is 9.84 Å². The minimum Gasteiger partial charge on any atom is -0.283 e. The summed E-state index contributed by atoms with van der Waals surface area (Å²) in [7, 11) is -3.06. The molecule has 1 heterocycles. The number of nitrogens with zero attached hydrogens (tertiary/aromatic N) is 2. The van der Waals surface area contributed by atoms with Gasteiger partial charge in [-0.1, -0.05) is 53.7 Å². The largest absolute Gasteiger partial charge is 0.283 e. The number of hydrogen-bond acceptors (Lipinski definition) is 5. The highest BCUT2D eigenvalue weighted by atomic mass is 32.2. The number of thioether (sulfide) groups is 1. The predicted molar refractivity (Wildman–Crippen MR) is 107 cm³/mol. The number of aryl methyl sites for hydroxylation is 1. The lowest BCUT2D eigenvalue weighted by Crippen LogP contribution is -2.24. The van der Waals surface area contributed by atoms with Crippen molar-refractivity contribution in [1.82, 2.24) is 9.55 Å². The molecule has 2 aromatic carbocycles. The van der Waals surface area contributed by atoms with E-state index in [1.54, 1.807) is 16.7 Å². The van der Waals surface area contributed by atoms with Crippen LogP contribution in [0.15, 0.2) is 58.5 Å². The molecule has 0 spiro atoms. The Morgan fingerprint density at radius 2 is 1.77 bits per heavy atom. The topological polar surface area (TPSA) is 69.0 Å². The summed E-state index contributed by atoms with van der Waals surface area (Å²) in [4.78, 5) is 17.6. The van der Waals surface area contributed by atoms with Crippen LogP contribution >= 0.6 is 11.8 Å². The van der Waals surface area contributed by atoms with Gasteiger partial charge in [0.2, 0.25) is 0 Å². The van der Waals surface area contributed by atoms with Gasteiger partial charge in [-0.15, -0.1) is 0 Å². The van der Waals surface area contributed by atoms with E-state index in [1.165, 1.54) is 18.0 Å². The summed E-state index contributed by atoms with van der Waals surface area (Å²) in [5.74, 6) is 0.405. The van der Waals surface area contributed by atoms with Crippen LogP contribution in [0.1, 0.15) is 11.1 Å². The lowest BCUT2D eigenvalue weighted by molar-refractivity contribution is 0.603. The number of hydrogen-bond donors (Lipinski definition) is 0. The maximum absolute atomic E-state index is 13.0. The summed E-state index contributed by atoms with van der Waals surface area (Å²) in [6, 6.07) is 15.2. The van der Waals surface area contributed by atoms with Crippen LogP contribution in [0.3, 0.4) is 0 Å². The van der Waals surface area contributed by atoms with Gasteiger partial charge in [0.15, 0.2) is 5.16 Å². The fraction of sp³-hybridized carbons (Fsp3) is 0.263. The zero-order valence-electron chi connectivity index (χ0n) is 14.7. The molecular formula is C19H20N2O3S2. The number of para-hydroxylation sites is 1. The molecule has 0 saturated carbocycles. The number of fused-ring (bicyclic) bond motifs is 1. The molecule has 0 amide bonds. The Morgan fingerprint density at radius 3 is 2.46 bits per heavy atom. The van der Waals surface area contributed by atoms with E-state index in [4.69, 9.17) is 0 Å². The molecule has 0 atom stereocenters. The van der Waals surface area contributed by atoms with Crippen LogP contribution in [-0.2, 0) is 16.4 Å². The average Bonchev–Trinajstić information content (AvgIpc) is 2.59. The second kappa shape index (κ2) is 7.63. The highest BCUT2D eigenvalue weighted by molar-refractivity contribution is 8.00. The Hall–Kier alpha value is -2.12. The molecule has 0 N–H and O–H groups in total. The fourth-order valence-electron chi connectivity index (χ4n) is 2.56. The Bertz CT molecular complexity index is 1090. The minimum atomic E-state index is -3.06. The lowest BCUT2D eigenvalue weighted by Gasteiger charge is -2.13. The van der Waals surface area contributed by atoms with Crippen LogP contribution in [0.25, 0.3) is 10.9 Å². The Labute approximate surface area is 157 Å². The quantitative estimate of drug-likeness (QED) is 0.480. The van der Waals surface area contributed by atoms with Crippen molar-refractivity contribution in [3.05, 3.63) is 70.0 Å². The predicted octanol–water partition coefficient (Wildman–Crippen LogP) is 2.89. The van der Waals surface area contributed by atoms with Gasteiger partial charge in [0.05, 0.1) is 23.2 Å². The molecule has 0 aliphatic heterocycles. The third-order valence-electron chi connectivity index (χ3n) is 3.97. The molecule has 3 rings (SSSR count). The highest BCUT2D eigenvalue weighted by Gasteiger charge is 2.13. The average molecular weight is 389 g/mol. The number of benzene rings is 2. The summed E-state index contributed by atoms with van der Waals surface area (Å²) in [5, 5.41) is 1.10. The third-order valence-corrected chi connectivity index (χ3v) is 6.16. The van der Waals surface area contributed by atoms with Crippen molar-refractivity contribution in [2.24, 2.45) is 0 Å². The first-order valence-electron chi connectivity index (χ1n) is 8.19. The molecule has 5 nitrogen and oxygen atoms in total. The van der Waals surface area contributed by atoms with Crippen LogP contribution in [-0.4, -0.2) is 35.7 Å². The van der Waals surface area contributed by atoms with Crippen molar-refractivity contribution < 1.29 is 8.42 Å². The second-order valence-electron chi connectivity index (χ2n) is 6.27. The standard InChI is InChI=1S/C19H20N2O3S2/c1-14-7-9-15(10-8-14)13-21-18(22)16-5-3-4-6-17(16)20-19(21)25-11-12-26(2,23)24/h3-10H,11-13H2,1-2H3. The smallest absolute Gasteiger partial charge is 0.262 e. The molecule has 0 fully saturated rings. The van der Waals surface area contributed by atoms with E-state index >= 15 is 0 Å². The van der Waals surface area contributed by atoms with E-state index in [1.807, 2.05) is 43.3 Å². The first-order valence-corrected chi connectivity index (χ1v) is 11.2. The fourth-order valence-corrected chi connectivity index (χ4v) is 4.75. The maximum Gasteiger partial charge on any atom is 0.262 e. The van der Waals surface area contributed by atoms with Crippen LogP contribution in [0.5, 0.6) is 0 Å². The molecule has 0 radical (unpaired) electrons. The van der Waals surface area contributed by atoms with E-state index < -0.39 is 9.84 Å². The molecule has 7 heteroatoms. The summed E-state index contributed by atoms with van der Waals surface area (Å²) < 4.78 is 24.4. The van der Waals surface area contributed by atoms with Crippen molar-refractivity contribution in [1.29, 1.82) is 0 Å². The Kier molecular flexibility index (Phi) is 5.48. The number of rotatable bonds is 6. The molecule has 136 valence electrons. The van der Waals surface area contributed by atoms with Gasteiger partial charge in [-0.3, -0.25) is 9.36 Å². The second-order valence-corrected chi connectivity index (χ2v) is 9.59. The zero-order chi connectivity index (χ0) is 18.7. The van der Waals surface area contributed by atoms with Gasteiger partial charge in [-0.2, -0.15) is 0 Å². The molecule has 0 bridgehead atoms. The molecule has 0 saturated heterocycles. The highest BCUT2D eigenvalue weighted by Crippen LogP contribution is 2.19. The monoisotopic (exact) mass is 388 g/mol. The van der Waals surface area contributed by atoms with Crippen molar-refractivity contribution in [3.8, 4) is 0 Å². The van der Waals surface area contributed by atoms with E-state index in [-0.39, 0.29) is 11.3 Å². The van der Waals surface area contributed by atoms with Crippen LogP contribution in [0.2, 0.25) is 0 Å². The van der Waals surface area contributed by atoms with Crippen molar-refractivity contribution in [2.45, 2.75) is 18.6 Å². The van der Waals surface area contributed by atoms with Gasteiger partial charge in [0, 0.05) is 12.0 Å². The molecular weight excluding hydrogens is 368 g/mol. The molecule has 0 aliphatic carbocycles. The minimum absolute atomic E-state index is 0.0465. The van der Waals surface area contributed by atoms with Crippen molar-refractivity contribution in [2.75, 3.05) is 17.8 Å². The maximum atomic E-state index is 13.0. The first-order chi connectivity index (χ1) is 12.3. The van der Waals surface area contributed by atoms with Gasteiger partial charge < -0.3 is 0 Å². The van der Waals surface area contributed by atoms with Gasteiger partial charge in [0.25, 0.3) is 5.56 Å².